The highest BCUT2D eigenvalue weighted by Gasteiger charge is 2.28. The van der Waals surface area contributed by atoms with Crippen LogP contribution in [0, 0.1) is 0 Å². The van der Waals surface area contributed by atoms with Crippen LogP contribution in [0.25, 0.3) is 104 Å². The van der Waals surface area contributed by atoms with Crippen molar-refractivity contribution in [3.63, 3.8) is 0 Å². The summed E-state index contributed by atoms with van der Waals surface area (Å²) in [6.07, 6.45) is 0. The maximum Gasteiger partial charge on any atom is 0.136 e. The Morgan fingerprint density at radius 1 is 0.400 bits per heavy atom. The molecule has 11 aromatic rings. The normalized spacial score (nSPS) is 11.6. The van der Waals surface area contributed by atoms with Crippen molar-refractivity contribution in [2.75, 3.05) is 0 Å². The molecule has 0 atom stereocenters. The maximum absolute atomic E-state index is 6.49. The van der Waals surface area contributed by atoms with Gasteiger partial charge in [-0.05, 0) is 88.0 Å². The summed E-state index contributed by atoms with van der Waals surface area (Å²) in [5.41, 5.74) is 14.8. The molecule has 8 aromatic carbocycles. The van der Waals surface area contributed by atoms with Crippen LogP contribution in [0.5, 0.6) is 0 Å². The zero-order chi connectivity index (χ0) is 36.3. The van der Waals surface area contributed by atoms with Crippen LogP contribution in [-0.4, -0.2) is 4.57 Å². The minimum atomic E-state index is 0.895. The fourth-order valence-corrected chi connectivity index (χ4v) is 9.68. The monoisotopic (exact) mass is 719 g/mol. The van der Waals surface area contributed by atoms with Crippen LogP contribution < -0.4 is 0 Å². The van der Waals surface area contributed by atoms with E-state index in [0.29, 0.717) is 0 Å². The van der Waals surface area contributed by atoms with Gasteiger partial charge in [0.05, 0.1) is 16.1 Å². The molecule has 0 saturated heterocycles. The van der Waals surface area contributed by atoms with Crippen molar-refractivity contribution in [2.24, 2.45) is 0 Å². The van der Waals surface area contributed by atoms with E-state index in [1.54, 1.807) is 0 Å². The van der Waals surface area contributed by atoms with Crippen LogP contribution in [0.4, 0.5) is 0 Å². The molecule has 0 aliphatic rings. The van der Waals surface area contributed by atoms with E-state index in [0.717, 1.165) is 27.6 Å². The Morgan fingerprint density at radius 2 is 0.964 bits per heavy atom. The lowest BCUT2D eigenvalue weighted by atomic mass is 9.90. The van der Waals surface area contributed by atoms with Gasteiger partial charge >= 0.3 is 0 Å². The summed E-state index contributed by atoms with van der Waals surface area (Å²) in [7, 11) is 0. The summed E-state index contributed by atoms with van der Waals surface area (Å²) in [6.45, 7) is 0. The highest BCUT2D eigenvalue weighted by molar-refractivity contribution is 7.23. The minimum Gasteiger partial charge on any atom is -0.456 e. The molecule has 55 heavy (non-hydrogen) atoms. The first-order valence-electron chi connectivity index (χ1n) is 18.7. The number of para-hydroxylation sites is 3. The van der Waals surface area contributed by atoms with Gasteiger partial charge in [0.25, 0.3) is 0 Å². The van der Waals surface area contributed by atoms with Crippen molar-refractivity contribution >= 4 is 54.3 Å². The standard InChI is InChI=1S/C52H33NOS/c1-4-17-34(18-5-1)36-31-37(35-19-6-2-7-20-35)33-38(32-36)48-40-23-10-13-27-44(40)53(39-21-8-3-9-22-39)51(48)52-50(42-25-12-15-30-47(42)55-52)43-26-16-29-46-49(43)41-24-11-14-28-45(41)54-46/h1-33H. The average molecular weight is 720 g/mol. The number of hydrogen-bond donors (Lipinski definition) is 0. The van der Waals surface area contributed by atoms with Gasteiger partial charge in [0.15, 0.2) is 0 Å². The van der Waals surface area contributed by atoms with E-state index in [9.17, 15) is 0 Å². The largest absolute Gasteiger partial charge is 0.456 e. The van der Waals surface area contributed by atoms with E-state index in [1.807, 2.05) is 17.4 Å². The van der Waals surface area contributed by atoms with Gasteiger partial charge in [-0.3, -0.25) is 0 Å². The lowest BCUT2D eigenvalue weighted by Gasteiger charge is -2.16. The number of furan rings is 1. The number of fused-ring (bicyclic) bond motifs is 5. The van der Waals surface area contributed by atoms with Crippen LogP contribution in [0.15, 0.2) is 205 Å². The number of nitrogens with zero attached hydrogens (tertiary/aromatic N) is 1. The number of thiophene rings is 1. The molecule has 3 heteroatoms. The highest BCUT2D eigenvalue weighted by atomic mass is 32.1. The van der Waals surface area contributed by atoms with Gasteiger partial charge in [-0.15, -0.1) is 11.3 Å². The lowest BCUT2D eigenvalue weighted by Crippen LogP contribution is -1.97. The molecule has 0 N–H and O–H groups in total. The maximum atomic E-state index is 6.49. The molecule has 0 amide bonds. The van der Waals surface area contributed by atoms with Crippen LogP contribution >= 0.6 is 11.3 Å². The van der Waals surface area contributed by atoms with Crippen LogP contribution in [0.3, 0.4) is 0 Å². The number of hydrogen-bond acceptors (Lipinski definition) is 2. The Morgan fingerprint density at radius 3 is 1.69 bits per heavy atom. The first-order valence-corrected chi connectivity index (χ1v) is 19.5. The van der Waals surface area contributed by atoms with E-state index >= 15 is 0 Å². The van der Waals surface area contributed by atoms with Gasteiger partial charge < -0.3 is 8.98 Å². The summed E-state index contributed by atoms with van der Waals surface area (Å²) in [5, 5.41) is 4.71. The smallest absolute Gasteiger partial charge is 0.136 e. The fourth-order valence-electron chi connectivity index (χ4n) is 8.42. The Labute approximate surface area is 322 Å². The lowest BCUT2D eigenvalue weighted by molar-refractivity contribution is 0.669. The highest BCUT2D eigenvalue weighted by Crippen LogP contribution is 2.53. The van der Waals surface area contributed by atoms with Gasteiger partial charge in [0.2, 0.25) is 0 Å². The molecule has 2 nitrogen and oxygen atoms in total. The first kappa shape index (κ1) is 31.6. The van der Waals surface area contributed by atoms with Crippen LogP contribution in [0.1, 0.15) is 0 Å². The Kier molecular flexibility index (Phi) is 7.39. The zero-order valence-electron chi connectivity index (χ0n) is 29.8. The average Bonchev–Trinajstić information content (AvgIpc) is 3.94. The topological polar surface area (TPSA) is 18.1 Å². The third-order valence-corrected chi connectivity index (χ3v) is 12.0. The third kappa shape index (κ3) is 5.16. The second kappa shape index (κ2) is 12.9. The van der Waals surface area contributed by atoms with Crippen molar-refractivity contribution in [1.29, 1.82) is 0 Å². The molecule has 3 heterocycles. The number of benzene rings is 8. The van der Waals surface area contributed by atoms with Gasteiger partial charge in [-0.25, -0.2) is 0 Å². The Hall–Kier alpha value is -6.94. The van der Waals surface area contributed by atoms with Crippen molar-refractivity contribution in [1.82, 2.24) is 4.57 Å². The summed E-state index contributed by atoms with van der Waals surface area (Å²) in [5.74, 6) is 0. The van der Waals surface area contributed by atoms with Gasteiger partial charge in [-0.1, -0.05) is 146 Å². The quantitative estimate of drug-likeness (QED) is 0.167. The molecule has 0 spiro atoms. The summed E-state index contributed by atoms with van der Waals surface area (Å²) >= 11 is 1.87. The predicted molar refractivity (Wildman–Crippen MR) is 233 cm³/mol. The molecular weight excluding hydrogens is 687 g/mol. The van der Waals surface area contributed by atoms with Gasteiger partial charge in [0.1, 0.15) is 11.2 Å². The molecule has 0 aliphatic heterocycles. The summed E-state index contributed by atoms with van der Waals surface area (Å²) < 4.78 is 10.2. The molecule has 0 saturated carbocycles. The Balaban J connectivity index is 1.31. The zero-order valence-corrected chi connectivity index (χ0v) is 30.6. The van der Waals surface area contributed by atoms with E-state index in [-0.39, 0.29) is 0 Å². The van der Waals surface area contributed by atoms with Crippen molar-refractivity contribution in [3.05, 3.63) is 200 Å². The molecule has 3 aromatic heterocycles. The summed E-state index contributed by atoms with van der Waals surface area (Å²) in [6, 6.07) is 72.2. The van der Waals surface area contributed by atoms with Crippen LogP contribution in [0.2, 0.25) is 0 Å². The van der Waals surface area contributed by atoms with E-state index in [1.165, 1.54) is 76.1 Å². The molecule has 0 bridgehead atoms. The molecule has 0 fully saturated rings. The predicted octanol–water partition coefficient (Wildman–Crippen LogP) is 15.1. The van der Waals surface area contributed by atoms with Gasteiger partial charge in [-0.2, -0.15) is 0 Å². The Bertz CT molecular complexity index is 3130. The van der Waals surface area contributed by atoms with Crippen molar-refractivity contribution < 1.29 is 4.42 Å². The fraction of sp³-hybridized carbons (Fsp3) is 0. The molecule has 258 valence electrons. The van der Waals surface area contributed by atoms with Crippen LogP contribution in [-0.2, 0) is 0 Å². The second-order valence-corrected chi connectivity index (χ2v) is 15.1. The molecular formula is C52H33NOS. The summed E-state index contributed by atoms with van der Waals surface area (Å²) in [4.78, 5) is 1.22. The number of aromatic nitrogens is 1. The number of rotatable bonds is 6. The van der Waals surface area contributed by atoms with E-state index in [2.05, 4.69) is 199 Å². The van der Waals surface area contributed by atoms with E-state index in [4.69, 9.17) is 4.42 Å². The molecule has 0 aliphatic carbocycles. The third-order valence-electron chi connectivity index (χ3n) is 10.8. The van der Waals surface area contributed by atoms with Crippen molar-refractivity contribution in [2.45, 2.75) is 0 Å². The SMILES string of the molecule is c1ccc(-c2cc(-c3ccccc3)cc(-c3c(-c4sc5ccccc5c4-c4cccc5oc6ccccc6c45)n(-c4ccccc4)c4ccccc34)c2)cc1. The van der Waals surface area contributed by atoms with Gasteiger partial charge in [0, 0.05) is 43.1 Å². The molecule has 0 radical (unpaired) electrons. The van der Waals surface area contributed by atoms with E-state index < -0.39 is 0 Å². The second-order valence-electron chi connectivity index (χ2n) is 14.0. The minimum absolute atomic E-state index is 0.895. The molecule has 11 rings (SSSR count). The van der Waals surface area contributed by atoms with Crippen molar-refractivity contribution in [3.8, 4) is 60.8 Å². The first-order chi connectivity index (χ1) is 27.3. The molecule has 0 unspecified atom stereocenters.